The lowest BCUT2D eigenvalue weighted by Crippen LogP contribution is -2.01. The minimum Gasteiger partial charge on any atom is -0.497 e. The van der Waals surface area contributed by atoms with E-state index in [0.717, 1.165) is 27.6 Å². The van der Waals surface area contributed by atoms with Crippen LogP contribution in [-0.4, -0.2) is 12.1 Å². The van der Waals surface area contributed by atoms with Gasteiger partial charge < -0.3 is 9.15 Å². The molecular weight excluding hydrogens is 386 g/mol. The number of hydrogen-bond acceptors (Lipinski definition) is 4. The molecule has 4 heteroatoms. The van der Waals surface area contributed by atoms with Gasteiger partial charge in [-0.2, -0.15) is 0 Å². The Morgan fingerprint density at radius 3 is 2.39 bits per heavy atom. The van der Waals surface area contributed by atoms with Gasteiger partial charge in [0.25, 0.3) is 0 Å². The average molecular weight is 403 g/mol. The first-order valence-electron chi connectivity index (χ1n) is 9.79. The van der Waals surface area contributed by atoms with Crippen molar-refractivity contribution >= 4 is 21.7 Å². The average Bonchev–Trinajstić information content (AvgIpc) is 2.82. The number of aromatic nitrogens is 1. The van der Waals surface area contributed by atoms with Crippen LogP contribution in [0.4, 0.5) is 0 Å². The molecule has 0 aliphatic heterocycles. The summed E-state index contributed by atoms with van der Waals surface area (Å²) in [4.78, 5) is 17.1. The van der Waals surface area contributed by atoms with Gasteiger partial charge in [0.05, 0.1) is 12.5 Å². The second-order valence-electron chi connectivity index (χ2n) is 7.08. The molecule has 0 N–H and O–H groups in total. The molecule has 0 unspecified atom stereocenters. The van der Waals surface area contributed by atoms with Crippen molar-refractivity contribution < 1.29 is 9.15 Å². The molecule has 0 amide bonds. The van der Waals surface area contributed by atoms with Gasteiger partial charge >= 0.3 is 0 Å². The SMILES string of the molecule is COc1ccc(C#Cc2ccc3c(=O)cc(-c4cc5ccccc5cn4)oc3c2)cc1. The van der Waals surface area contributed by atoms with Crippen LogP contribution in [0, 0.1) is 11.8 Å². The van der Waals surface area contributed by atoms with Crippen molar-refractivity contribution in [2.45, 2.75) is 0 Å². The molecule has 0 spiro atoms. The maximum absolute atomic E-state index is 12.7. The summed E-state index contributed by atoms with van der Waals surface area (Å²) in [6.45, 7) is 0. The summed E-state index contributed by atoms with van der Waals surface area (Å²) >= 11 is 0. The van der Waals surface area contributed by atoms with Gasteiger partial charge in [0.2, 0.25) is 0 Å². The van der Waals surface area contributed by atoms with Gasteiger partial charge in [-0.25, -0.2) is 0 Å². The van der Waals surface area contributed by atoms with E-state index < -0.39 is 0 Å². The Bertz CT molecular complexity index is 1540. The predicted molar refractivity (Wildman–Crippen MR) is 122 cm³/mol. The van der Waals surface area contributed by atoms with E-state index in [0.29, 0.717) is 22.4 Å². The van der Waals surface area contributed by atoms with Crippen molar-refractivity contribution in [1.29, 1.82) is 0 Å². The quantitative estimate of drug-likeness (QED) is 0.370. The van der Waals surface area contributed by atoms with Gasteiger partial charge in [0.1, 0.15) is 17.0 Å². The molecule has 0 atom stereocenters. The second kappa shape index (κ2) is 7.81. The largest absolute Gasteiger partial charge is 0.497 e. The Morgan fingerprint density at radius 2 is 1.58 bits per heavy atom. The first-order valence-corrected chi connectivity index (χ1v) is 9.79. The number of nitrogens with zero attached hydrogens (tertiary/aromatic N) is 1. The van der Waals surface area contributed by atoms with E-state index in [2.05, 4.69) is 16.8 Å². The Kier molecular flexibility index (Phi) is 4.70. The van der Waals surface area contributed by atoms with E-state index in [1.165, 1.54) is 6.07 Å². The molecule has 0 aliphatic rings. The Morgan fingerprint density at radius 1 is 0.839 bits per heavy atom. The highest BCUT2D eigenvalue weighted by molar-refractivity contribution is 5.85. The topological polar surface area (TPSA) is 52.3 Å². The molecule has 31 heavy (non-hydrogen) atoms. The zero-order valence-corrected chi connectivity index (χ0v) is 16.8. The number of hydrogen-bond donors (Lipinski definition) is 0. The first kappa shape index (κ1) is 18.7. The molecule has 0 aliphatic carbocycles. The fraction of sp³-hybridized carbons (Fsp3) is 0.0370. The number of pyridine rings is 1. The maximum Gasteiger partial charge on any atom is 0.193 e. The number of methoxy groups -OCH3 is 1. The second-order valence-corrected chi connectivity index (χ2v) is 7.08. The van der Waals surface area contributed by atoms with Gasteiger partial charge in [-0.15, -0.1) is 0 Å². The fourth-order valence-electron chi connectivity index (χ4n) is 3.40. The molecule has 5 rings (SSSR count). The number of benzene rings is 3. The molecule has 5 aromatic rings. The molecule has 2 aromatic heterocycles. The third-order valence-electron chi connectivity index (χ3n) is 5.05. The molecule has 2 heterocycles. The Labute approximate surface area is 178 Å². The zero-order chi connectivity index (χ0) is 21.2. The van der Waals surface area contributed by atoms with Crippen LogP contribution in [-0.2, 0) is 0 Å². The van der Waals surface area contributed by atoms with E-state index in [4.69, 9.17) is 9.15 Å². The van der Waals surface area contributed by atoms with Crippen LogP contribution in [0.2, 0.25) is 0 Å². The third kappa shape index (κ3) is 3.77. The summed E-state index contributed by atoms with van der Waals surface area (Å²) in [5, 5.41) is 2.58. The molecule has 4 nitrogen and oxygen atoms in total. The Hall–Kier alpha value is -4.36. The highest BCUT2D eigenvalue weighted by Gasteiger charge is 2.09. The molecule has 0 saturated heterocycles. The maximum atomic E-state index is 12.7. The minimum absolute atomic E-state index is 0.110. The van der Waals surface area contributed by atoms with Crippen LogP contribution < -0.4 is 10.2 Å². The van der Waals surface area contributed by atoms with Gasteiger partial charge in [-0.1, -0.05) is 36.1 Å². The smallest absolute Gasteiger partial charge is 0.193 e. The highest BCUT2D eigenvalue weighted by atomic mass is 16.5. The lowest BCUT2D eigenvalue weighted by atomic mass is 10.1. The first-order chi connectivity index (χ1) is 15.2. The van der Waals surface area contributed by atoms with Crippen LogP contribution in [0.15, 0.2) is 94.3 Å². The molecule has 3 aromatic carbocycles. The summed E-state index contributed by atoms with van der Waals surface area (Å²) in [5.74, 6) is 7.46. The minimum atomic E-state index is -0.110. The van der Waals surface area contributed by atoms with E-state index in [1.54, 1.807) is 25.4 Å². The Balaban J connectivity index is 1.55. The monoisotopic (exact) mass is 403 g/mol. The number of rotatable bonds is 2. The van der Waals surface area contributed by atoms with Crippen LogP contribution in [0.3, 0.4) is 0 Å². The van der Waals surface area contributed by atoms with Crippen molar-refractivity contribution in [3.63, 3.8) is 0 Å². The van der Waals surface area contributed by atoms with Crippen molar-refractivity contribution in [2.75, 3.05) is 7.11 Å². The lowest BCUT2D eigenvalue weighted by Gasteiger charge is -2.04. The van der Waals surface area contributed by atoms with Gasteiger partial charge in [0, 0.05) is 28.8 Å². The van der Waals surface area contributed by atoms with Gasteiger partial charge in [0.15, 0.2) is 11.2 Å². The standard InChI is InChI=1S/C27H17NO3/c1-30-22-11-8-18(9-12-22)6-7-19-10-13-23-25(29)16-27(31-26(23)14-19)24-15-20-4-2-3-5-21(20)17-28-24/h2-5,8-17H,1H3. The van der Waals surface area contributed by atoms with Crippen LogP contribution in [0.5, 0.6) is 5.75 Å². The van der Waals surface area contributed by atoms with E-state index in [9.17, 15) is 4.79 Å². The van der Waals surface area contributed by atoms with Crippen molar-refractivity contribution in [3.8, 4) is 29.0 Å². The number of ether oxygens (including phenoxy) is 1. The summed E-state index contributed by atoms with van der Waals surface area (Å²) in [7, 11) is 1.63. The van der Waals surface area contributed by atoms with Crippen molar-refractivity contribution in [1.82, 2.24) is 4.98 Å². The summed E-state index contributed by atoms with van der Waals surface area (Å²) < 4.78 is 11.2. The summed E-state index contributed by atoms with van der Waals surface area (Å²) in [6, 6.07) is 24.2. The van der Waals surface area contributed by atoms with Crippen LogP contribution in [0.25, 0.3) is 33.2 Å². The lowest BCUT2D eigenvalue weighted by molar-refractivity contribution is 0.415. The normalized spacial score (nSPS) is 10.6. The molecule has 0 bridgehead atoms. The molecule has 0 fully saturated rings. The zero-order valence-electron chi connectivity index (χ0n) is 16.8. The van der Waals surface area contributed by atoms with Crippen LogP contribution >= 0.6 is 0 Å². The molecule has 0 saturated carbocycles. The molecule has 0 radical (unpaired) electrons. The van der Waals surface area contributed by atoms with E-state index >= 15 is 0 Å². The molecular formula is C27H17NO3. The summed E-state index contributed by atoms with van der Waals surface area (Å²) in [5.41, 5.74) is 2.62. The van der Waals surface area contributed by atoms with Gasteiger partial charge in [-0.05, 0) is 53.9 Å². The number of fused-ring (bicyclic) bond motifs is 2. The predicted octanol–water partition coefficient (Wildman–Crippen LogP) is 5.42. The van der Waals surface area contributed by atoms with Crippen molar-refractivity contribution in [2.24, 2.45) is 0 Å². The third-order valence-corrected chi connectivity index (χ3v) is 5.05. The fourth-order valence-corrected chi connectivity index (χ4v) is 3.40. The van der Waals surface area contributed by atoms with Gasteiger partial charge in [-0.3, -0.25) is 9.78 Å². The molecule has 148 valence electrons. The summed E-state index contributed by atoms with van der Waals surface area (Å²) in [6.07, 6.45) is 1.78. The van der Waals surface area contributed by atoms with E-state index in [-0.39, 0.29) is 5.43 Å². The van der Waals surface area contributed by atoms with Crippen LogP contribution in [0.1, 0.15) is 11.1 Å². The van der Waals surface area contributed by atoms with Crippen molar-refractivity contribution in [3.05, 3.63) is 106 Å². The van der Waals surface area contributed by atoms with E-state index in [1.807, 2.05) is 60.7 Å². The highest BCUT2D eigenvalue weighted by Crippen LogP contribution is 2.24.